The highest BCUT2D eigenvalue weighted by atomic mass is 16.2. The van der Waals surface area contributed by atoms with Gasteiger partial charge in [0.1, 0.15) is 0 Å². The molecule has 2 N–H and O–H groups in total. The Kier molecular flexibility index (Phi) is 7.63. The number of nitrogens with one attached hydrogen (secondary N) is 2. The van der Waals surface area contributed by atoms with Crippen molar-refractivity contribution in [3.8, 4) is 0 Å². The summed E-state index contributed by atoms with van der Waals surface area (Å²) in [5.41, 5.74) is 3.31. The van der Waals surface area contributed by atoms with Gasteiger partial charge in [-0.2, -0.15) is 5.10 Å². The third kappa shape index (κ3) is 5.83. The number of aromatic nitrogens is 2. The Labute approximate surface area is 156 Å². The Morgan fingerprint density at radius 1 is 1.19 bits per heavy atom. The van der Waals surface area contributed by atoms with Gasteiger partial charge >= 0.3 is 0 Å². The number of rotatable bonds is 8. The Hall–Kier alpha value is -1.89. The zero-order valence-corrected chi connectivity index (χ0v) is 16.6. The maximum absolute atomic E-state index is 12.3. The van der Waals surface area contributed by atoms with Crippen molar-refractivity contribution >= 4 is 11.8 Å². The molecule has 1 aliphatic rings. The van der Waals surface area contributed by atoms with Gasteiger partial charge in [0, 0.05) is 44.8 Å². The highest BCUT2D eigenvalue weighted by Crippen LogP contribution is 2.15. The summed E-state index contributed by atoms with van der Waals surface area (Å²) in [5, 5.41) is 10.5. The molecule has 0 saturated carbocycles. The van der Waals surface area contributed by atoms with Crippen molar-refractivity contribution in [3.05, 3.63) is 17.0 Å². The van der Waals surface area contributed by atoms with Gasteiger partial charge in [0.25, 0.3) is 0 Å². The standard InChI is InChI=1S/C19H33N5O2/c1-5-10-20-19(26)13-24-11-8-16(9-12-24)21-18(25)7-6-17-14(2)22-23(4)15(17)3/h16H,5-13H2,1-4H3,(H,20,26)(H,21,25). The maximum atomic E-state index is 12.3. The van der Waals surface area contributed by atoms with Crippen LogP contribution in [0.1, 0.15) is 49.6 Å². The van der Waals surface area contributed by atoms with Crippen LogP contribution in [0.25, 0.3) is 0 Å². The summed E-state index contributed by atoms with van der Waals surface area (Å²) in [7, 11) is 1.93. The lowest BCUT2D eigenvalue weighted by atomic mass is 10.0. The minimum absolute atomic E-state index is 0.0940. The van der Waals surface area contributed by atoms with Crippen LogP contribution in [0, 0.1) is 13.8 Å². The average molecular weight is 364 g/mol. The van der Waals surface area contributed by atoms with Gasteiger partial charge < -0.3 is 10.6 Å². The van der Waals surface area contributed by atoms with E-state index in [0.29, 0.717) is 13.0 Å². The van der Waals surface area contributed by atoms with Crippen LogP contribution in [0.2, 0.25) is 0 Å². The zero-order valence-electron chi connectivity index (χ0n) is 16.6. The van der Waals surface area contributed by atoms with Crippen molar-refractivity contribution in [2.75, 3.05) is 26.2 Å². The van der Waals surface area contributed by atoms with Gasteiger partial charge in [-0.3, -0.25) is 19.2 Å². The van der Waals surface area contributed by atoms with Gasteiger partial charge in [0.15, 0.2) is 0 Å². The molecule has 0 bridgehead atoms. The number of hydrogen-bond donors (Lipinski definition) is 2. The summed E-state index contributed by atoms with van der Waals surface area (Å²) in [6.45, 7) is 8.98. The van der Waals surface area contributed by atoms with E-state index in [9.17, 15) is 9.59 Å². The number of piperidine rings is 1. The second kappa shape index (κ2) is 9.71. The Balaban J connectivity index is 1.68. The fraction of sp³-hybridized carbons (Fsp3) is 0.737. The molecule has 1 aliphatic heterocycles. The summed E-state index contributed by atoms with van der Waals surface area (Å²) in [6, 6.07) is 0.216. The fourth-order valence-corrected chi connectivity index (χ4v) is 3.48. The SMILES string of the molecule is CCCNC(=O)CN1CCC(NC(=O)CCc2c(C)nn(C)c2C)CC1. The number of hydrogen-bond acceptors (Lipinski definition) is 4. The zero-order chi connectivity index (χ0) is 19.1. The third-order valence-corrected chi connectivity index (χ3v) is 5.15. The number of nitrogens with zero attached hydrogens (tertiary/aromatic N) is 3. The van der Waals surface area contributed by atoms with E-state index in [1.807, 2.05) is 32.5 Å². The molecule has 26 heavy (non-hydrogen) atoms. The Bertz CT molecular complexity index is 618. The van der Waals surface area contributed by atoms with E-state index in [1.165, 1.54) is 5.56 Å². The largest absolute Gasteiger partial charge is 0.355 e. The maximum Gasteiger partial charge on any atom is 0.234 e. The summed E-state index contributed by atoms with van der Waals surface area (Å²) < 4.78 is 1.87. The molecule has 1 fully saturated rings. The number of carbonyl (C=O) groups excluding carboxylic acids is 2. The van der Waals surface area contributed by atoms with Gasteiger partial charge in [-0.15, -0.1) is 0 Å². The van der Waals surface area contributed by atoms with E-state index in [-0.39, 0.29) is 17.9 Å². The molecule has 1 saturated heterocycles. The minimum atomic E-state index is 0.0940. The molecule has 7 heteroatoms. The molecule has 7 nitrogen and oxygen atoms in total. The van der Waals surface area contributed by atoms with Crippen LogP contribution in [-0.2, 0) is 23.1 Å². The number of likely N-dealkylation sites (tertiary alicyclic amines) is 1. The molecule has 0 aliphatic carbocycles. The van der Waals surface area contributed by atoms with E-state index in [1.54, 1.807) is 0 Å². The van der Waals surface area contributed by atoms with Crippen molar-refractivity contribution < 1.29 is 9.59 Å². The van der Waals surface area contributed by atoms with Crippen molar-refractivity contribution in [2.24, 2.45) is 7.05 Å². The first kappa shape index (κ1) is 20.4. The number of carbonyl (C=O) groups is 2. The molecular formula is C19H33N5O2. The molecule has 2 rings (SSSR count). The van der Waals surface area contributed by atoms with Crippen LogP contribution in [0.4, 0.5) is 0 Å². The number of amides is 2. The number of aryl methyl sites for hydroxylation is 2. The summed E-state index contributed by atoms with van der Waals surface area (Å²) in [4.78, 5) is 26.2. The van der Waals surface area contributed by atoms with E-state index in [0.717, 1.165) is 56.7 Å². The first-order valence-corrected chi connectivity index (χ1v) is 9.68. The minimum Gasteiger partial charge on any atom is -0.355 e. The van der Waals surface area contributed by atoms with Crippen molar-refractivity contribution in [1.29, 1.82) is 0 Å². The average Bonchev–Trinajstić information content (AvgIpc) is 2.85. The van der Waals surface area contributed by atoms with Crippen LogP contribution in [-0.4, -0.2) is 58.7 Å². The van der Waals surface area contributed by atoms with Crippen LogP contribution >= 0.6 is 0 Å². The summed E-state index contributed by atoms with van der Waals surface area (Å²) >= 11 is 0. The van der Waals surface area contributed by atoms with Crippen molar-refractivity contribution in [3.63, 3.8) is 0 Å². The predicted molar refractivity (Wildman–Crippen MR) is 102 cm³/mol. The van der Waals surface area contributed by atoms with Crippen molar-refractivity contribution in [1.82, 2.24) is 25.3 Å². The lowest BCUT2D eigenvalue weighted by molar-refractivity contribution is -0.124. The van der Waals surface area contributed by atoms with Crippen molar-refractivity contribution in [2.45, 2.75) is 58.9 Å². The van der Waals surface area contributed by atoms with E-state index < -0.39 is 0 Å². The second-order valence-electron chi connectivity index (χ2n) is 7.24. The molecule has 146 valence electrons. The molecule has 1 aromatic rings. The lowest BCUT2D eigenvalue weighted by Crippen LogP contribution is -2.47. The van der Waals surface area contributed by atoms with Crippen LogP contribution in [0.3, 0.4) is 0 Å². The van der Waals surface area contributed by atoms with E-state index in [2.05, 4.69) is 20.6 Å². The summed E-state index contributed by atoms with van der Waals surface area (Å²) in [5.74, 6) is 0.198. The van der Waals surface area contributed by atoms with Crippen LogP contribution < -0.4 is 10.6 Å². The molecule has 1 aromatic heterocycles. The third-order valence-electron chi connectivity index (χ3n) is 5.15. The van der Waals surface area contributed by atoms with Gasteiger partial charge in [-0.1, -0.05) is 6.92 Å². The molecule has 0 atom stereocenters. The van der Waals surface area contributed by atoms with Crippen LogP contribution in [0.15, 0.2) is 0 Å². The first-order chi connectivity index (χ1) is 12.4. The monoisotopic (exact) mass is 363 g/mol. The Morgan fingerprint density at radius 2 is 1.88 bits per heavy atom. The van der Waals surface area contributed by atoms with E-state index >= 15 is 0 Å². The highest BCUT2D eigenvalue weighted by molar-refractivity contribution is 5.78. The van der Waals surface area contributed by atoms with E-state index in [4.69, 9.17) is 0 Å². The lowest BCUT2D eigenvalue weighted by Gasteiger charge is -2.31. The van der Waals surface area contributed by atoms with Gasteiger partial charge in [0.2, 0.25) is 11.8 Å². The molecule has 0 unspecified atom stereocenters. The quantitative estimate of drug-likeness (QED) is 0.724. The van der Waals surface area contributed by atoms with Crippen LogP contribution in [0.5, 0.6) is 0 Å². The predicted octanol–water partition coefficient (Wildman–Crippen LogP) is 1.08. The fourth-order valence-electron chi connectivity index (χ4n) is 3.48. The summed E-state index contributed by atoms with van der Waals surface area (Å²) in [6.07, 6.45) is 3.98. The smallest absolute Gasteiger partial charge is 0.234 e. The molecule has 2 heterocycles. The molecule has 2 amide bonds. The highest BCUT2D eigenvalue weighted by Gasteiger charge is 2.22. The van der Waals surface area contributed by atoms with Gasteiger partial charge in [-0.25, -0.2) is 0 Å². The Morgan fingerprint density at radius 3 is 2.46 bits per heavy atom. The molecule has 0 spiro atoms. The molecular weight excluding hydrogens is 330 g/mol. The molecule has 0 aromatic carbocycles. The molecule has 0 radical (unpaired) electrons. The second-order valence-corrected chi connectivity index (χ2v) is 7.24. The first-order valence-electron chi connectivity index (χ1n) is 9.68. The van der Waals surface area contributed by atoms with Gasteiger partial charge in [-0.05, 0) is 45.1 Å². The normalized spacial score (nSPS) is 15.8. The topological polar surface area (TPSA) is 79.3 Å². The van der Waals surface area contributed by atoms with Gasteiger partial charge in [0.05, 0.1) is 12.2 Å².